The van der Waals surface area contributed by atoms with Crippen molar-refractivity contribution in [1.29, 1.82) is 0 Å². The van der Waals surface area contributed by atoms with Gasteiger partial charge in [-0.25, -0.2) is 0 Å². The summed E-state index contributed by atoms with van der Waals surface area (Å²) in [6.45, 7) is 3.17. The zero-order valence-corrected chi connectivity index (χ0v) is 18.8. The van der Waals surface area contributed by atoms with Crippen LogP contribution in [0.2, 0.25) is 0 Å². The number of anilines is 1. The fourth-order valence-electron chi connectivity index (χ4n) is 4.33. The first-order valence-corrected chi connectivity index (χ1v) is 10.6. The molecule has 0 radical (unpaired) electrons. The molecule has 9 nitrogen and oxygen atoms in total. The molecule has 3 heterocycles. The van der Waals surface area contributed by atoms with E-state index < -0.39 is 17.4 Å². The predicted molar refractivity (Wildman–Crippen MR) is 123 cm³/mol. The summed E-state index contributed by atoms with van der Waals surface area (Å²) in [6, 6.07) is 15.8. The number of aliphatic carboxylic acids is 1. The monoisotopic (exact) mass is 458 g/mol. The molecule has 1 aliphatic rings. The van der Waals surface area contributed by atoms with Gasteiger partial charge in [-0.05, 0) is 32.0 Å². The van der Waals surface area contributed by atoms with Crippen LogP contribution in [0.3, 0.4) is 0 Å². The van der Waals surface area contributed by atoms with Gasteiger partial charge in [0.15, 0.2) is 5.69 Å². The molecule has 2 aromatic heterocycles. The lowest BCUT2D eigenvalue weighted by molar-refractivity contribution is -0.142. The SMILES string of the molecule is COc1ccccc1C1c2c(n[nH]c2C(C)(C)C(=O)O)C(=O)N1c1ccc(-c2ccon2)cc1. The van der Waals surface area contributed by atoms with Gasteiger partial charge in [-0.15, -0.1) is 0 Å². The molecule has 9 heteroatoms. The Morgan fingerprint density at radius 1 is 1.15 bits per heavy atom. The first-order valence-electron chi connectivity index (χ1n) is 10.6. The molecule has 5 rings (SSSR count). The number of nitrogens with zero attached hydrogens (tertiary/aromatic N) is 3. The van der Waals surface area contributed by atoms with E-state index in [1.807, 2.05) is 48.5 Å². The minimum atomic E-state index is -1.30. The third-order valence-corrected chi connectivity index (χ3v) is 6.23. The number of fused-ring (bicyclic) bond motifs is 1. The van der Waals surface area contributed by atoms with Crippen molar-refractivity contribution in [3.63, 3.8) is 0 Å². The smallest absolute Gasteiger partial charge is 0.315 e. The molecule has 4 aromatic rings. The Kier molecular flexibility index (Phi) is 4.97. The van der Waals surface area contributed by atoms with Gasteiger partial charge in [0.1, 0.15) is 23.1 Å². The van der Waals surface area contributed by atoms with Crippen LogP contribution < -0.4 is 9.64 Å². The van der Waals surface area contributed by atoms with Crippen LogP contribution in [0.25, 0.3) is 11.3 Å². The summed E-state index contributed by atoms with van der Waals surface area (Å²) < 4.78 is 10.5. The molecule has 0 aliphatic carbocycles. The number of carbonyl (C=O) groups is 2. The topological polar surface area (TPSA) is 122 Å². The Morgan fingerprint density at radius 2 is 1.88 bits per heavy atom. The Hall–Kier alpha value is -4.40. The van der Waals surface area contributed by atoms with Crippen molar-refractivity contribution in [2.45, 2.75) is 25.3 Å². The van der Waals surface area contributed by atoms with E-state index in [0.717, 1.165) is 11.1 Å². The van der Waals surface area contributed by atoms with Gasteiger partial charge in [0.25, 0.3) is 5.91 Å². The van der Waals surface area contributed by atoms with Crippen LogP contribution in [0.4, 0.5) is 5.69 Å². The van der Waals surface area contributed by atoms with Gasteiger partial charge >= 0.3 is 5.97 Å². The summed E-state index contributed by atoms with van der Waals surface area (Å²) in [5.41, 5.74) is 2.67. The van der Waals surface area contributed by atoms with Crippen LogP contribution in [-0.2, 0) is 10.2 Å². The molecule has 2 aromatic carbocycles. The lowest BCUT2D eigenvalue weighted by atomic mass is 9.83. The molecule has 0 saturated carbocycles. The average Bonchev–Trinajstić information content (AvgIpc) is 3.57. The molecule has 1 amide bonds. The van der Waals surface area contributed by atoms with Crippen molar-refractivity contribution >= 4 is 17.6 Å². The van der Waals surface area contributed by atoms with E-state index in [-0.39, 0.29) is 11.6 Å². The number of rotatable bonds is 6. The third-order valence-electron chi connectivity index (χ3n) is 6.23. The molecule has 1 unspecified atom stereocenters. The highest BCUT2D eigenvalue weighted by Gasteiger charge is 2.48. The standard InChI is InChI=1S/C25H22N4O5/c1-25(2,24(31)32)22-19-20(26-27-22)23(30)29(21(19)16-6-4-5-7-18(16)33-3)15-10-8-14(9-11-15)17-12-13-34-28-17/h4-13,21H,1-3H3,(H,26,27)(H,31,32). The van der Waals surface area contributed by atoms with Crippen LogP contribution in [0, 0.1) is 0 Å². The number of hydrogen-bond donors (Lipinski definition) is 2. The molecule has 0 fully saturated rings. The van der Waals surface area contributed by atoms with E-state index in [0.29, 0.717) is 28.4 Å². The number of nitrogens with one attached hydrogen (secondary N) is 1. The van der Waals surface area contributed by atoms with Crippen LogP contribution in [-0.4, -0.2) is 39.4 Å². The van der Waals surface area contributed by atoms with Crippen molar-refractivity contribution in [3.05, 3.63) is 83.4 Å². The highest BCUT2D eigenvalue weighted by molar-refractivity contribution is 6.11. The fourth-order valence-corrected chi connectivity index (χ4v) is 4.33. The lowest BCUT2D eigenvalue weighted by Gasteiger charge is -2.29. The van der Waals surface area contributed by atoms with Crippen LogP contribution in [0.5, 0.6) is 5.75 Å². The van der Waals surface area contributed by atoms with Crippen LogP contribution in [0.15, 0.2) is 65.4 Å². The van der Waals surface area contributed by atoms with Gasteiger partial charge in [-0.2, -0.15) is 5.10 Å². The van der Waals surface area contributed by atoms with E-state index in [4.69, 9.17) is 9.26 Å². The Labute approximate surface area is 195 Å². The molecular formula is C25H22N4O5. The Bertz CT molecular complexity index is 1370. The van der Waals surface area contributed by atoms with Gasteiger partial charge in [0, 0.05) is 28.4 Å². The van der Waals surface area contributed by atoms with Crippen molar-refractivity contribution in [1.82, 2.24) is 15.4 Å². The fraction of sp³-hybridized carbons (Fsp3) is 0.200. The highest BCUT2D eigenvalue weighted by atomic mass is 16.5. The maximum Gasteiger partial charge on any atom is 0.315 e. The number of H-pyrrole nitrogens is 1. The van der Waals surface area contributed by atoms with Gasteiger partial charge < -0.3 is 14.4 Å². The Balaban J connectivity index is 1.69. The third kappa shape index (κ3) is 3.16. The number of para-hydroxylation sites is 1. The number of carboxylic acids is 1. The van der Waals surface area contributed by atoms with Crippen molar-refractivity contribution in [3.8, 4) is 17.0 Å². The van der Waals surface area contributed by atoms with Crippen molar-refractivity contribution in [2.75, 3.05) is 12.0 Å². The number of methoxy groups -OCH3 is 1. The maximum atomic E-state index is 13.6. The number of ether oxygens (including phenoxy) is 1. The normalized spacial score (nSPS) is 15.4. The molecule has 1 aliphatic heterocycles. The van der Waals surface area contributed by atoms with Gasteiger partial charge in [0.2, 0.25) is 0 Å². The lowest BCUT2D eigenvalue weighted by Crippen LogP contribution is -2.33. The molecule has 0 spiro atoms. The summed E-state index contributed by atoms with van der Waals surface area (Å²) in [5.74, 6) is -0.776. The largest absolute Gasteiger partial charge is 0.496 e. The van der Waals surface area contributed by atoms with Crippen LogP contribution >= 0.6 is 0 Å². The Morgan fingerprint density at radius 3 is 2.53 bits per heavy atom. The minimum Gasteiger partial charge on any atom is -0.496 e. The van der Waals surface area contributed by atoms with Crippen molar-refractivity contribution < 1.29 is 24.0 Å². The highest BCUT2D eigenvalue weighted by Crippen LogP contribution is 2.47. The second-order valence-corrected chi connectivity index (χ2v) is 8.54. The molecule has 34 heavy (non-hydrogen) atoms. The van der Waals surface area contributed by atoms with E-state index in [1.54, 1.807) is 31.9 Å². The first kappa shape index (κ1) is 21.4. The number of aromatic amines is 1. The van der Waals surface area contributed by atoms with E-state index in [2.05, 4.69) is 15.4 Å². The summed E-state index contributed by atoms with van der Waals surface area (Å²) >= 11 is 0. The molecule has 0 saturated heterocycles. The molecular weight excluding hydrogens is 436 g/mol. The summed E-state index contributed by atoms with van der Waals surface area (Å²) in [5, 5.41) is 20.9. The number of amides is 1. The number of hydrogen-bond acceptors (Lipinski definition) is 6. The number of benzene rings is 2. The second kappa shape index (κ2) is 7.87. The quantitative estimate of drug-likeness (QED) is 0.444. The number of carbonyl (C=O) groups excluding carboxylic acids is 1. The first-order chi connectivity index (χ1) is 16.3. The number of aromatic nitrogens is 3. The number of carboxylic acid groups (broad SMARTS) is 1. The van der Waals surface area contributed by atoms with Crippen LogP contribution in [0.1, 0.15) is 47.2 Å². The molecule has 0 bridgehead atoms. The second-order valence-electron chi connectivity index (χ2n) is 8.54. The van der Waals surface area contributed by atoms with E-state index in [9.17, 15) is 14.7 Å². The van der Waals surface area contributed by atoms with Gasteiger partial charge in [-0.3, -0.25) is 19.6 Å². The molecule has 1 atom stereocenters. The molecule has 2 N–H and O–H groups in total. The minimum absolute atomic E-state index is 0.195. The zero-order valence-electron chi connectivity index (χ0n) is 18.8. The summed E-state index contributed by atoms with van der Waals surface area (Å²) in [7, 11) is 1.56. The predicted octanol–water partition coefficient (Wildman–Crippen LogP) is 4.19. The van der Waals surface area contributed by atoms with E-state index in [1.165, 1.54) is 6.26 Å². The maximum absolute atomic E-state index is 13.6. The average molecular weight is 458 g/mol. The van der Waals surface area contributed by atoms with Gasteiger partial charge in [-0.1, -0.05) is 35.5 Å². The zero-order chi connectivity index (χ0) is 24.0. The summed E-state index contributed by atoms with van der Waals surface area (Å²) in [6.07, 6.45) is 1.50. The van der Waals surface area contributed by atoms with Gasteiger partial charge in [0.05, 0.1) is 18.8 Å². The molecule has 172 valence electrons. The summed E-state index contributed by atoms with van der Waals surface area (Å²) in [4.78, 5) is 27.3. The van der Waals surface area contributed by atoms with Crippen molar-refractivity contribution in [2.24, 2.45) is 0 Å². The van der Waals surface area contributed by atoms with E-state index >= 15 is 0 Å².